The Bertz CT molecular complexity index is 1380. The van der Waals surface area contributed by atoms with Crippen LogP contribution in [0.3, 0.4) is 0 Å². The maximum atomic E-state index is 12.4. The van der Waals surface area contributed by atoms with E-state index in [1.807, 2.05) is 0 Å². The lowest BCUT2D eigenvalue weighted by molar-refractivity contribution is -0.388. The van der Waals surface area contributed by atoms with Crippen molar-refractivity contribution < 1.29 is 129 Å². The number of nitrogens with one attached hydrogen (secondary N) is 1. The van der Waals surface area contributed by atoms with Crippen molar-refractivity contribution in [1.82, 2.24) is 5.32 Å². The molecule has 0 aromatic rings. The highest BCUT2D eigenvalue weighted by Gasteiger charge is 2.57. The summed E-state index contributed by atoms with van der Waals surface area (Å²) < 4.78 is 49.1. The molecular weight excluding hydrogens is 814 g/mol. The summed E-state index contributed by atoms with van der Waals surface area (Å²) in [5.41, 5.74) is 0. The summed E-state index contributed by atoms with van der Waals surface area (Å²) in [5.74, 6) is -2.60. The highest BCUT2D eigenvalue weighted by atomic mass is 16.8. The summed E-state index contributed by atoms with van der Waals surface area (Å²) in [6.45, 7) is -0.424. The van der Waals surface area contributed by atoms with Crippen molar-refractivity contribution >= 4 is 11.9 Å². The third-order valence-electron chi connectivity index (χ3n) is 10.6. The number of carbonyl (C=O) groups is 2. The number of aliphatic hydroxyl groups excluding tert-OH is 14. The van der Waals surface area contributed by atoms with Crippen molar-refractivity contribution in [2.75, 3.05) is 19.8 Å². The van der Waals surface area contributed by atoms with Crippen LogP contribution in [0.25, 0.3) is 0 Å². The Balaban J connectivity index is 1.26. The number of rotatable bonds is 13. The zero-order chi connectivity index (χ0) is 43.8. The molecule has 5 aliphatic heterocycles. The van der Waals surface area contributed by atoms with Gasteiger partial charge in [-0.05, 0) is 6.92 Å². The number of aliphatic hydroxyl groups is 14. The molecule has 59 heavy (non-hydrogen) atoms. The molecule has 342 valence electrons. The average molecular weight is 868 g/mol. The number of carboxylic acids is 1. The Kier molecular flexibility index (Phi) is 16.3. The van der Waals surface area contributed by atoms with Crippen LogP contribution in [-0.4, -0.2) is 262 Å². The SMILES string of the molecule is CC(=O)N[C@@H]1[C@@H](O[C@@H]2O[C@H](C(=O)O)[C@@H](O[C@H]3O[C@H](CO)[C@@H](O[C@@H]4O[C@H](CO)[C@H](O[C@@H]5O[C@@H](C)[C@H](O)[C@@H](O)[C@H]5O)[C@H](O)[C@H]4O)[C@H](O)[C@H]3O)[C@H](O)[C@H]2O)[C@@H](O)[C@@H](CO)O[C@H]1O. The highest BCUT2D eigenvalue weighted by molar-refractivity contribution is 5.74. The molecule has 5 heterocycles. The van der Waals surface area contributed by atoms with Gasteiger partial charge in [-0.15, -0.1) is 0 Å². The van der Waals surface area contributed by atoms with E-state index in [4.69, 9.17) is 42.6 Å². The van der Waals surface area contributed by atoms with Crippen LogP contribution in [0, 0.1) is 0 Å². The van der Waals surface area contributed by atoms with E-state index in [0.29, 0.717) is 0 Å². The fourth-order valence-corrected chi connectivity index (χ4v) is 7.35. The van der Waals surface area contributed by atoms with Crippen molar-refractivity contribution in [2.45, 2.75) is 167 Å². The van der Waals surface area contributed by atoms with Gasteiger partial charge in [-0.1, -0.05) is 0 Å². The lowest BCUT2D eigenvalue weighted by atomic mass is 9.94. The van der Waals surface area contributed by atoms with Gasteiger partial charge in [0.2, 0.25) is 5.91 Å². The number of carboxylic acid groups (broad SMARTS) is 1. The van der Waals surface area contributed by atoms with Gasteiger partial charge >= 0.3 is 5.97 Å². The molecule has 0 saturated carbocycles. The largest absolute Gasteiger partial charge is 0.479 e. The fraction of sp³-hybridized carbons (Fsp3) is 0.938. The van der Waals surface area contributed by atoms with Gasteiger partial charge in [-0.2, -0.15) is 0 Å². The van der Waals surface area contributed by atoms with E-state index >= 15 is 0 Å². The first-order chi connectivity index (χ1) is 27.7. The second-order valence-electron chi connectivity index (χ2n) is 14.7. The van der Waals surface area contributed by atoms with E-state index in [2.05, 4.69) is 5.32 Å². The molecule has 0 aliphatic carbocycles. The first-order valence-corrected chi connectivity index (χ1v) is 18.5. The lowest BCUT2D eigenvalue weighted by Gasteiger charge is -2.49. The van der Waals surface area contributed by atoms with Crippen LogP contribution >= 0.6 is 0 Å². The molecule has 0 spiro atoms. The second kappa shape index (κ2) is 20.0. The van der Waals surface area contributed by atoms with Crippen LogP contribution in [0.5, 0.6) is 0 Å². The molecule has 0 radical (unpaired) electrons. The molecule has 0 unspecified atom stereocenters. The zero-order valence-corrected chi connectivity index (χ0v) is 31.3. The molecule has 1 amide bonds. The van der Waals surface area contributed by atoms with E-state index in [9.17, 15) is 86.2 Å². The van der Waals surface area contributed by atoms with E-state index in [-0.39, 0.29) is 0 Å². The van der Waals surface area contributed by atoms with Gasteiger partial charge < -0.3 is 125 Å². The Hall–Kier alpha value is -1.98. The normalized spacial score (nSPS) is 50.9. The third-order valence-corrected chi connectivity index (χ3v) is 10.6. The van der Waals surface area contributed by atoms with Crippen LogP contribution < -0.4 is 5.32 Å². The summed E-state index contributed by atoms with van der Waals surface area (Å²) >= 11 is 0. The Morgan fingerprint density at radius 2 is 0.898 bits per heavy atom. The van der Waals surface area contributed by atoms with Crippen molar-refractivity contribution in [3.8, 4) is 0 Å². The van der Waals surface area contributed by atoms with E-state index in [1.54, 1.807) is 0 Å². The molecule has 16 N–H and O–H groups in total. The summed E-state index contributed by atoms with van der Waals surface area (Å²) in [5, 5.41) is 160. The average Bonchev–Trinajstić information content (AvgIpc) is 3.19. The second-order valence-corrected chi connectivity index (χ2v) is 14.7. The van der Waals surface area contributed by atoms with Gasteiger partial charge in [0, 0.05) is 6.92 Å². The summed E-state index contributed by atoms with van der Waals surface area (Å²) in [6, 6.07) is -1.57. The van der Waals surface area contributed by atoms with Crippen molar-refractivity contribution in [3.63, 3.8) is 0 Å². The Morgan fingerprint density at radius 1 is 0.492 bits per heavy atom. The Morgan fingerprint density at radius 3 is 1.36 bits per heavy atom. The molecule has 0 aromatic heterocycles. The van der Waals surface area contributed by atoms with Gasteiger partial charge in [0.1, 0.15) is 110 Å². The smallest absolute Gasteiger partial charge is 0.335 e. The third kappa shape index (κ3) is 9.97. The van der Waals surface area contributed by atoms with Gasteiger partial charge in [-0.3, -0.25) is 4.79 Å². The molecule has 0 bridgehead atoms. The molecule has 5 saturated heterocycles. The van der Waals surface area contributed by atoms with Gasteiger partial charge in [-0.25, -0.2) is 4.79 Å². The van der Waals surface area contributed by atoms with E-state index < -0.39 is 185 Å². The van der Waals surface area contributed by atoms with Crippen molar-refractivity contribution in [3.05, 3.63) is 0 Å². The standard InChI is InChI=1S/C32H53NO26/c1-6-12(38)14(40)18(44)29(51-6)55-22-9(4-35)53-30(19(45)15(22)41)56-23-10(5-36)54-31(20(46)16(23)42)58-25-17(43)21(47)32(59-26(25)27(48)49)57-24-11(33-7(2)37)28(50)52-8(3-34)13(24)39/h6,8-26,28-32,34-36,38-47,50H,3-5H2,1-2H3,(H,33,37)(H,48,49)/t6-,8+,9+,10+,11+,12-,13-,14+,15+,16+,17+,18+,19+,20+,21+,22-,23+,24+,25-,26-,28+,29-,30-,31+,32+/m0/s1. The van der Waals surface area contributed by atoms with Gasteiger partial charge in [0.05, 0.1) is 25.9 Å². The molecule has 5 rings (SSSR count). The number of ether oxygens (including phenoxy) is 9. The molecule has 27 heteroatoms. The van der Waals surface area contributed by atoms with E-state index in [1.165, 1.54) is 6.92 Å². The summed E-state index contributed by atoms with van der Waals surface area (Å²) in [6.07, 6.45) is -45.2. The molecule has 5 aliphatic rings. The number of carbonyl (C=O) groups excluding carboxylic acids is 1. The number of amides is 1. The van der Waals surface area contributed by atoms with E-state index in [0.717, 1.165) is 6.92 Å². The van der Waals surface area contributed by atoms with Gasteiger partial charge in [0.25, 0.3) is 0 Å². The molecule has 25 atom stereocenters. The molecule has 0 aromatic carbocycles. The van der Waals surface area contributed by atoms with Crippen LogP contribution in [0.4, 0.5) is 0 Å². The highest BCUT2D eigenvalue weighted by Crippen LogP contribution is 2.35. The van der Waals surface area contributed by atoms with Crippen LogP contribution in [0.2, 0.25) is 0 Å². The maximum absolute atomic E-state index is 12.4. The van der Waals surface area contributed by atoms with Crippen LogP contribution in [0.1, 0.15) is 13.8 Å². The van der Waals surface area contributed by atoms with Crippen LogP contribution in [0.15, 0.2) is 0 Å². The minimum absolute atomic E-state index is 0.746. The first-order valence-electron chi connectivity index (χ1n) is 18.5. The zero-order valence-electron chi connectivity index (χ0n) is 31.3. The number of hydrogen-bond donors (Lipinski definition) is 16. The minimum atomic E-state index is -2.28. The van der Waals surface area contributed by atoms with Crippen LogP contribution in [-0.2, 0) is 52.2 Å². The fourth-order valence-electron chi connectivity index (χ4n) is 7.35. The quantitative estimate of drug-likeness (QED) is 0.0817. The topological polar surface area (TPSA) is 433 Å². The summed E-state index contributed by atoms with van der Waals surface area (Å²) in [4.78, 5) is 24.2. The molecular formula is C32H53NO26. The van der Waals surface area contributed by atoms with Crippen molar-refractivity contribution in [1.29, 1.82) is 0 Å². The van der Waals surface area contributed by atoms with Gasteiger partial charge in [0.15, 0.2) is 37.6 Å². The monoisotopic (exact) mass is 867 g/mol. The lowest BCUT2D eigenvalue weighted by Crippen LogP contribution is -2.69. The minimum Gasteiger partial charge on any atom is -0.479 e. The predicted molar refractivity (Wildman–Crippen MR) is 177 cm³/mol. The predicted octanol–water partition coefficient (Wildman–Crippen LogP) is -10.7. The summed E-state index contributed by atoms with van der Waals surface area (Å²) in [7, 11) is 0. The Labute approximate surface area is 333 Å². The number of hydrogen-bond acceptors (Lipinski definition) is 25. The maximum Gasteiger partial charge on any atom is 0.335 e. The number of aliphatic carboxylic acids is 1. The van der Waals surface area contributed by atoms with Crippen molar-refractivity contribution in [2.24, 2.45) is 0 Å². The first kappa shape index (κ1) is 48.1. The molecule has 27 nitrogen and oxygen atoms in total. The molecule has 5 fully saturated rings.